The molecule has 1 heterocycles. The van der Waals surface area contributed by atoms with Crippen molar-refractivity contribution in [2.24, 2.45) is 0 Å². The molecule has 1 aromatic carbocycles. The van der Waals surface area contributed by atoms with E-state index < -0.39 is 22.4 Å². The molecule has 0 saturated heterocycles. The first-order valence-corrected chi connectivity index (χ1v) is 6.11. The molecule has 0 aliphatic carbocycles. The van der Waals surface area contributed by atoms with Crippen molar-refractivity contribution in [3.8, 4) is 5.75 Å². The number of aromatic nitrogens is 2. The van der Waals surface area contributed by atoms with Crippen LogP contribution in [0.5, 0.6) is 5.75 Å². The smallest absolute Gasteiger partial charge is 0.416 e. The van der Waals surface area contributed by atoms with Gasteiger partial charge >= 0.3 is 11.9 Å². The van der Waals surface area contributed by atoms with E-state index in [2.05, 4.69) is 10.2 Å². The number of nitro benzene ring substituents is 1. The average Bonchev–Trinajstić information content (AvgIpc) is 2.91. The van der Waals surface area contributed by atoms with Crippen LogP contribution in [0.1, 0.15) is 24.3 Å². The zero-order valence-electron chi connectivity index (χ0n) is 11.3. The van der Waals surface area contributed by atoms with E-state index in [0.29, 0.717) is 24.4 Å². The number of nitrogens with zero attached hydrogens (tertiary/aromatic N) is 3. The summed E-state index contributed by atoms with van der Waals surface area (Å²) in [4.78, 5) is 9.92. The summed E-state index contributed by atoms with van der Waals surface area (Å²) in [7, 11) is 0. The van der Waals surface area contributed by atoms with Gasteiger partial charge < -0.3 is 9.15 Å². The zero-order chi connectivity index (χ0) is 16.3. The number of hydrogen-bond donors (Lipinski definition) is 0. The summed E-state index contributed by atoms with van der Waals surface area (Å²) < 4.78 is 47.9. The lowest BCUT2D eigenvalue weighted by Gasteiger charge is -2.09. The Balaban J connectivity index is 2.21. The Morgan fingerprint density at radius 2 is 2.00 bits per heavy atom. The highest BCUT2D eigenvalue weighted by molar-refractivity contribution is 5.49. The third-order valence-corrected chi connectivity index (χ3v) is 2.65. The lowest BCUT2D eigenvalue weighted by Crippen LogP contribution is -2.07. The number of hydrogen-bond acceptors (Lipinski definition) is 6. The molecule has 0 fully saturated rings. The van der Waals surface area contributed by atoms with Gasteiger partial charge in [-0.1, -0.05) is 6.92 Å². The van der Waals surface area contributed by atoms with Gasteiger partial charge in [-0.25, -0.2) is 0 Å². The van der Waals surface area contributed by atoms with Gasteiger partial charge in [-0.05, 0) is 12.1 Å². The second-order valence-corrected chi connectivity index (χ2v) is 4.17. The molecule has 22 heavy (non-hydrogen) atoms. The maximum atomic E-state index is 12.6. The van der Waals surface area contributed by atoms with Crippen LogP contribution < -0.4 is 4.74 Å². The van der Waals surface area contributed by atoms with Crippen LogP contribution in [0.4, 0.5) is 18.9 Å². The van der Waals surface area contributed by atoms with Crippen LogP contribution in [0.15, 0.2) is 22.6 Å². The quantitative estimate of drug-likeness (QED) is 0.621. The Bertz CT molecular complexity index is 684. The first-order chi connectivity index (χ1) is 10.3. The summed E-state index contributed by atoms with van der Waals surface area (Å²) in [6.07, 6.45) is -4.17. The SMILES string of the molecule is CCc1nnc(COc2ccc(C(F)(F)F)cc2[N+](=O)[O-])o1. The van der Waals surface area contributed by atoms with E-state index in [-0.39, 0.29) is 18.2 Å². The molecule has 0 spiro atoms. The fourth-order valence-corrected chi connectivity index (χ4v) is 1.59. The number of alkyl halides is 3. The Kier molecular flexibility index (Phi) is 4.29. The van der Waals surface area contributed by atoms with Gasteiger partial charge in [-0.15, -0.1) is 10.2 Å². The molecule has 0 radical (unpaired) electrons. The number of halogens is 3. The van der Waals surface area contributed by atoms with Gasteiger partial charge in [0.05, 0.1) is 10.5 Å². The average molecular weight is 317 g/mol. The number of ether oxygens (including phenoxy) is 1. The van der Waals surface area contributed by atoms with E-state index in [9.17, 15) is 23.3 Å². The summed E-state index contributed by atoms with van der Waals surface area (Å²) in [5.41, 5.74) is -1.91. The highest BCUT2D eigenvalue weighted by Crippen LogP contribution is 2.36. The summed E-state index contributed by atoms with van der Waals surface area (Å²) in [6, 6.07) is 2.01. The molecule has 10 heteroatoms. The van der Waals surface area contributed by atoms with Crippen molar-refractivity contribution < 1.29 is 27.2 Å². The first-order valence-electron chi connectivity index (χ1n) is 6.11. The molecule has 0 aliphatic heterocycles. The highest BCUT2D eigenvalue weighted by atomic mass is 19.4. The molecule has 1 aromatic heterocycles. The molecule has 0 atom stereocenters. The molecular formula is C12H10F3N3O4. The van der Waals surface area contributed by atoms with E-state index in [1.807, 2.05) is 0 Å². The maximum Gasteiger partial charge on any atom is 0.416 e. The molecule has 2 aromatic rings. The van der Waals surface area contributed by atoms with Gasteiger partial charge in [-0.3, -0.25) is 10.1 Å². The fourth-order valence-electron chi connectivity index (χ4n) is 1.59. The summed E-state index contributed by atoms with van der Waals surface area (Å²) in [5.74, 6) is 0.126. The van der Waals surface area contributed by atoms with Crippen molar-refractivity contribution in [2.45, 2.75) is 26.1 Å². The van der Waals surface area contributed by atoms with Gasteiger partial charge in [-0.2, -0.15) is 13.2 Å². The number of benzene rings is 1. The second kappa shape index (κ2) is 6.00. The molecule has 0 bridgehead atoms. The summed E-state index contributed by atoms with van der Waals surface area (Å²) in [6.45, 7) is 1.51. The summed E-state index contributed by atoms with van der Waals surface area (Å²) >= 11 is 0. The highest BCUT2D eigenvalue weighted by Gasteiger charge is 2.33. The van der Waals surface area contributed by atoms with Gasteiger partial charge in [0.2, 0.25) is 5.89 Å². The van der Waals surface area contributed by atoms with Crippen molar-refractivity contribution in [1.82, 2.24) is 10.2 Å². The van der Waals surface area contributed by atoms with Crippen LogP contribution in [0.2, 0.25) is 0 Å². The Labute approximate surface area is 121 Å². The maximum absolute atomic E-state index is 12.6. The molecule has 0 saturated carbocycles. The van der Waals surface area contributed by atoms with E-state index in [1.54, 1.807) is 6.92 Å². The monoisotopic (exact) mass is 317 g/mol. The van der Waals surface area contributed by atoms with Crippen LogP contribution in [-0.4, -0.2) is 15.1 Å². The Morgan fingerprint density at radius 1 is 1.32 bits per heavy atom. The van der Waals surface area contributed by atoms with Crippen molar-refractivity contribution in [2.75, 3.05) is 0 Å². The standard InChI is InChI=1S/C12H10F3N3O4/c1-2-10-16-17-11(22-10)6-21-9-4-3-7(12(13,14)15)5-8(9)18(19)20/h3-5H,2,6H2,1H3. The van der Waals surface area contributed by atoms with E-state index >= 15 is 0 Å². The lowest BCUT2D eigenvalue weighted by molar-refractivity contribution is -0.386. The van der Waals surface area contributed by atoms with Crippen molar-refractivity contribution in [3.63, 3.8) is 0 Å². The van der Waals surface area contributed by atoms with Crippen molar-refractivity contribution >= 4 is 5.69 Å². The van der Waals surface area contributed by atoms with Crippen LogP contribution in [0, 0.1) is 10.1 Å². The largest absolute Gasteiger partial charge is 0.477 e. The molecule has 7 nitrogen and oxygen atoms in total. The third-order valence-electron chi connectivity index (χ3n) is 2.65. The van der Waals surface area contributed by atoms with Gasteiger partial charge in [0.1, 0.15) is 0 Å². The van der Waals surface area contributed by atoms with E-state index in [0.717, 1.165) is 6.07 Å². The van der Waals surface area contributed by atoms with Crippen molar-refractivity contribution in [3.05, 3.63) is 45.7 Å². The predicted molar refractivity (Wildman–Crippen MR) is 66.1 cm³/mol. The fraction of sp³-hybridized carbons (Fsp3) is 0.333. The molecule has 118 valence electrons. The third kappa shape index (κ3) is 3.51. The molecular weight excluding hydrogens is 307 g/mol. The molecule has 2 rings (SSSR count). The topological polar surface area (TPSA) is 91.3 Å². The van der Waals surface area contributed by atoms with Crippen molar-refractivity contribution in [1.29, 1.82) is 0 Å². The minimum absolute atomic E-state index is 0.0750. The first kappa shape index (κ1) is 15.7. The minimum Gasteiger partial charge on any atom is -0.477 e. The molecule has 0 N–H and O–H groups in total. The van der Waals surface area contributed by atoms with Crippen LogP contribution in [-0.2, 0) is 19.2 Å². The van der Waals surface area contributed by atoms with Crippen LogP contribution in [0.3, 0.4) is 0 Å². The van der Waals surface area contributed by atoms with E-state index in [1.165, 1.54) is 0 Å². The van der Waals surface area contributed by atoms with Crippen LogP contribution in [0.25, 0.3) is 0 Å². The van der Waals surface area contributed by atoms with E-state index in [4.69, 9.17) is 9.15 Å². The molecule has 0 amide bonds. The van der Waals surface area contributed by atoms with Gasteiger partial charge in [0.25, 0.3) is 5.89 Å². The second-order valence-electron chi connectivity index (χ2n) is 4.17. The minimum atomic E-state index is -4.67. The summed E-state index contributed by atoms with van der Waals surface area (Å²) in [5, 5.41) is 18.2. The Hall–Kier alpha value is -2.65. The van der Waals surface area contributed by atoms with Crippen LogP contribution >= 0.6 is 0 Å². The molecule has 0 unspecified atom stereocenters. The number of rotatable bonds is 5. The zero-order valence-corrected chi connectivity index (χ0v) is 11.3. The van der Waals surface area contributed by atoms with Gasteiger partial charge in [0.15, 0.2) is 12.4 Å². The molecule has 0 aliphatic rings. The number of aryl methyl sites for hydroxylation is 1. The predicted octanol–water partition coefficient (Wildman–Crippen LogP) is 3.14. The lowest BCUT2D eigenvalue weighted by atomic mass is 10.2. The van der Waals surface area contributed by atoms with Gasteiger partial charge in [0, 0.05) is 12.5 Å². The number of nitro groups is 1. The Morgan fingerprint density at radius 3 is 2.55 bits per heavy atom. The normalized spacial score (nSPS) is 11.5.